The van der Waals surface area contributed by atoms with Crippen molar-refractivity contribution in [3.8, 4) is 0 Å². The summed E-state index contributed by atoms with van der Waals surface area (Å²) in [5.74, 6) is -1.45. The van der Waals surface area contributed by atoms with Crippen LogP contribution in [0.5, 0.6) is 0 Å². The minimum absolute atomic E-state index is 0.0369. The van der Waals surface area contributed by atoms with Crippen LogP contribution in [0.25, 0.3) is 0 Å². The fourth-order valence-corrected chi connectivity index (χ4v) is 1.43. The highest BCUT2D eigenvalue weighted by Crippen LogP contribution is 2.13. The minimum atomic E-state index is -1.07. The van der Waals surface area contributed by atoms with Crippen LogP contribution in [-0.2, 0) is 9.59 Å². The van der Waals surface area contributed by atoms with Gasteiger partial charge in [-0.1, -0.05) is 6.92 Å². The molecule has 4 N–H and O–H groups in total. The van der Waals surface area contributed by atoms with Crippen LogP contribution in [-0.4, -0.2) is 46.8 Å². The minimum Gasteiger partial charge on any atom is -0.480 e. The summed E-state index contributed by atoms with van der Waals surface area (Å²) in [6, 6.07) is -0.947. The number of carboxylic acid groups (broad SMARTS) is 1. The summed E-state index contributed by atoms with van der Waals surface area (Å²) < 4.78 is 0. The Morgan fingerprint density at radius 3 is 2.35 bits per heavy atom. The first kappa shape index (κ1) is 15.9. The van der Waals surface area contributed by atoms with E-state index in [9.17, 15) is 9.59 Å². The summed E-state index contributed by atoms with van der Waals surface area (Å²) in [5, 5.41) is 23.3. The van der Waals surface area contributed by atoms with Crippen LogP contribution in [0.15, 0.2) is 0 Å². The predicted octanol–water partition coefficient (Wildman–Crippen LogP) is -0.284. The Balaban J connectivity index is 4.36. The first-order valence-corrected chi connectivity index (χ1v) is 5.70. The summed E-state index contributed by atoms with van der Waals surface area (Å²) in [5.41, 5.74) is -0.319. The maximum absolute atomic E-state index is 10.9. The molecule has 1 amide bonds. The van der Waals surface area contributed by atoms with Crippen molar-refractivity contribution in [3.05, 3.63) is 0 Å². The molecule has 0 saturated heterocycles. The molecule has 17 heavy (non-hydrogen) atoms. The van der Waals surface area contributed by atoms with Gasteiger partial charge in [-0.2, -0.15) is 0 Å². The molecular formula is C11H22N2O4. The monoisotopic (exact) mass is 246 g/mol. The van der Waals surface area contributed by atoms with Crippen LogP contribution in [0.1, 0.15) is 33.6 Å². The summed E-state index contributed by atoms with van der Waals surface area (Å²) in [6.45, 7) is 5.32. The molecule has 0 spiro atoms. The van der Waals surface area contributed by atoms with Crippen LogP contribution < -0.4 is 10.6 Å². The van der Waals surface area contributed by atoms with Gasteiger partial charge in [0.2, 0.25) is 5.91 Å². The maximum atomic E-state index is 10.9. The van der Waals surface area contributed by atoms with Crippen molar-refractivity contribution >= 4 is 11.9 Å². The lowest BCUT2D eigenvalue weighted by Crippen LogP contribution is -2.52. The lowest BCUT2D eigenvalue weighted by molar-refractivity contribution is -0.141. The summed E-state index contributed by atoms with van der Waals surface area (Å²) in [7, 11) is 0. The number of carboxylic acids is 1. The molecule has 6 heteroatoms. The molecule has 0 aliphatic heterocycles. The van der Waals surface area contributed by atoms with Gasteiger partial charge >= 0.3 is 5.97 Å². The highest BCUT2D eigenvalue weighted by molar-refractivity contribution is 5.82. The zero-order valence-electron chi connectivity index (χ0n) is 10.6. The largest absolute Gasteiger partial charge is 0.480 e. The van der Waals surface area contributed by atoms with Gasteiger partial charge in [-0.25, -0.2) is 4.79 Å². The van der Waals surface area contributed by atoms with E-state index < -0.39 is 12.0 Å². The molecule has 0 aliphatic rings. The number of nitrogens with one attached hydrogen (secondary N) is 2. The number of carbonyl (C=O) groups is 2. The second-order valence-corrected chi connectivity index (χ2v) is 4.36. The van der Waals surface area contributed by atoms with E-state index in [1.54, 1.807) is 0 Å². The van der Waals surface area contributed by atoms with Crippen molar-refractivity contribution in [2.75, 3.05) is 13.2 Å². The van der Waals surface area contributed by atoms with Crippen LogP contribution in [0.4, 0.5) is 0 Å². The molecule has 0 radical (unpaired) electrons. The van der Waals surface area contributed by atoms with E-state index in [1.807, 2.05) is 13.8 Å². The third-order valence-electron chi connectivity index (χ3n) is 2.85. The topological polar surface area (TPSA) is 98.7 Å². The Labute approximate surface area is 101 Å². The van der Waals surface area contributed by atoms with Crippen molar-refractivity contribution in [2.24, 2.45) is 0 Å². The van der Waals surface area contributed by atoms with Gasteiger partial charge in [0.05, 0.1) is 0 Å². The standard InChI is InChI=1S/C11H22N2O4/c1-4-11(3,5-6-14)12-7-9(10(16)17)13-8(2)15/h9,12,14H,4-7H2,1-3H3,(H,13,15)(H,16,17). The van der Waals surface area contributed by atoms with Crippen LogP contribution >= 0.6 is 0 Å². The Morgan fingerprint density at radius 2 is 2.00 bits per heavy atom. The Kier molecular flexibility index (Phi) is 6.75. The molecule has 0 aromatic rings. The second kappa shape index (κ2) is 7.24. The van der Waals surface area contributed by atoms with E-state index in [0.717, 1.165) is 6.42 Å². The first-order chi connectivity index (χ1) is 7.84. The molecule has 2 unspecified atom stereocenters. The van der Waals surface area contributed by atoms with E-state index in [0.29, 0.717) is 6.42 Å². The number of aliphatic hydroxyl groups excluding tert-OH is 1. The lowest BCUT2D eigenvalue weighted by Gasteiger charge is -2.30. The van der Waals surface area contributed by atoms with Crippen molar-refractivity contribution in [1.29, 1.82) is 0 Å². The van der Waals surface area contributed by atoms with Crippen molar-refractivity contribution in [1.82, 2.24) is 10.6 Å². The van der Waals surface area contributed by atoms with E-state index in [4.69, 9.17) is 10.2 Å². The van der Waals surface area contributed by atoms with E-state index in [2.05, 4.69) is 10.6 Å². The quantitative estimate of drug-likeness (QED) is 0.472. The number of rotatable bonds is 8. The highest BCUT2D eigenvalue weighted by Gasteiger charge is 2.25. The molecule has 6 nitrogen and oxygen atoms in total. The molecule has 100 valence electrons. The molecule has 0 aromatic carbocycles. The number of aliphatic hydroxyl groups is 1. The number of hydrogen-bond acceptors (Lipinski definition) is 4. The Morgan fingerprint density at radius 1 is 1.41 bits per heavy atom. The Bertz CT molecular complexity index is 270. The van der Waals surface area contributed by atoms with E-state index in [1.165, 1.54) is 6.92 Å². The zero-order valence-corrected chi connectivity index (χ0v) is 10.6. The van der Waals surface area contributed by atoms with Gasteiger partial charge in [0, 0.05) is 25.6 Å². The third-order valence-corrected chi connectivity index (χ3v) is 2.85. The first-order valence-electron chi connectivity index (χ1n) is 5.70. The van der Waals surface area contributed by atoms with Crippen molar-refractivity contribution in [2.45, 2.75) is 45.2 Å². The summed E-state index contributed by atoms with van der Waals surface area (Å²) >= 11 is 0. The average Bonchev–Trinajstić information content (AvgIpc) is 2.24. The molecule has 0 heterocycles. The fourth-order valence-electron chi connectivity index (χ4n) is 1.43. The van der Waals surface area contributed by atoms with Crippen molar-refractivity contribution < 1.29 is 19.8 Å². The average molecular weight is 246 g/mol. The van der Waals surface area contributed by atoms with Gasteiger partial charge in [0.15, 0.2) is 0 Å². The summed E-state index contributed by atoms with van der Waals surface area (Å²) in [4.78, 5) is 21.7. The number of carbonyl (C=O) groups excluding carboxylic acids is 1. The fraction of sp³-hybridized carbons (Fsp3) is 0.818. The summed E-state index contributed by atoms with van der Waals surface area (Å²) in [6.07, 6.45) is 1.30. The van der Waals surface area contributed by atoms with Crippen LogP contribution in [0, 0.1) is 0 Å². The molecule has 0 bridgehead atoms. The van der Waals surface area contributed by atoms with Gasteiger partial charge in [-0.3, -0.25) is 4.79 Å². The van der Waals surface area contributed by atoms with Gasteiger partial charge < -0.3 is 20.8 Å². The highest BCUT2D eigenvalue weighted by atomic mass is 16.4. The normalized spacial score (nSPS) is 16.0. The smallest absolute Gasteiger partial charge is 0.327 e. The third kappa shape index (κ3) is 6.23. The predicted molar refractivity (Wildman–Crippen MR) is 63.6 cm³/mol. The molecule has 0 aliphatic carbocycles. The number of aliphatic carboxylic acids is 1. The van der Waals surface area contributed by atoms with Crippen LogP contribution in [0.2, 0.25) is 0 Å². The maximum Gasteiger partial charge on any atom is 0.327 e. The van der Waals surface area contributed by atoms with Gasteiger partial charge in [-0.15, -0.1) is 0 Å². The second-order valence-electron chi connectivity index (χ2n) is 4.36. The molecule has 0 saturated carbocycles. The zero-order chi connectivity index (χ0) is 13.5. The van der Waals surface area contributed by atoms with Gasteiger partial charge in [0.1, 0.15) is 6.04 Å². The lowest BCUT2D eigenvalue weighted by atomic mass is 9.94. The van der Waals surface area contributed by atoms with Crippen LogP contribution in [0.3, 0.4) is 0 Å². The van der Waals surface area contributed by atoms with Gasteiger partial charge in [0.25, 0.3) is 0 Å². The SMILES string of the molecule is CCC(C)(CCO)NCC(NC(C)=O)C(=O)O. The Hall–Kier alpha value is -1.14. The van der Waals surface area contributed by atoms with E-state index >= 15 is 0 Å². The molecule has 0 fully saturated rings. The molecular weight excluding hydrogens is 224 g/mol. The molecule has 0 aromatic heterocycles. The van der Waals surface area contributed by atoms with E-state index in [-0.39, 0.29) is 24.6 Å². The molecule has 2 atom stereocenters. The van der Waals surface area contributed by atoms with Crippen molar-refractivity contribution in [3.63, 3.8) is 0 Å². The molecule has 0 rings (SSSR count). The van der Waals surface area contributed by atoms with Gasteiger partial charge in [-0.05, 0) is 19.8 Å². The number of hydrogen-bond donors (Lipinski definition) is 4. The number of amides is 1.